The number of morpholine rings is 1. The lowest BCUT2D eigenvalue weighted by Gasteiger charge is -2.26. The SMILES string of the molecule is O=c1c(Cl)c(NCCN2CCOCC2)cnn1Cc1ccccc1. The first-order valence-electron chi connectivity index (χ1n) is 8.07. The number of hydrogen-bond acceptors (Lipinski definition) is 5. The van der Waals surface area contributed by atoms with Crippen molar-refractivity contribution >= 4 is 17.3 Å². The number of hydrogen-bond donors (Lipinski definition) is 1. The van der Waals surface area contributed by atoms with Crippen LogP contribution in [0.3, 0.4) is 0 Å². The van der Waals surface area contributed by atoms with Crippen LogP contribution in [-0.2, 0) is 11.3 Å². The van der Waals surface area contributed by atoms with Gasteiger partial charge in [-0.25, -0.2) is 4.68 Å². The highest BCUT2D eigenvalue weighted by Crippen LogP contribution is 2.15. The molecule has 1 saturated heterocycles. The molecular formula is C17H21ClN4O2. The zero-order valence-electron chi connectivity index (χ0n) is 13.4. The van der Waals surface area contributed by atoms with Crippen LogP contribution < -0.4 is 10.9 Å². The average molecular weight is 349 g/mol. The molecule has 6 nitrogen and oxygen atoms in total. The van der Waals surface area contributed by atoms with Crippen LogP contribution in [0.1, 0.15) is 5.56 Å². The first-order valence-corrected chi connectivity index (χ1v) is 8.45. The summed E-state index contributed by atoms with van der Waals surface area (Å²) in [6, 6.07) is 9.72. The highest BCUT2D eigenvalue weighted by Gasteiger charge is 2.12. The molecule has 1 aliphatic heterocycles. The van der Waals surface area contributed by atoms with E-state index < -0.39 is 0 Å². The van der Waals surface area contributed by atoms with Crippen molar-refractivity contribution in [3.63, 3.8) is 0 Å². The topological polar surface area (TPSA) is 59.4 Å². The second-order valence-electron chi connectivity index (χ2n) is 5.70. The maximum Gasteiger partial charge on any atom is 0.287 e. The number of anilines is 1. The van der Waals surface area contributed by atoms with E-state index in [1.54, 1.807) is 6.20 Å². The molecule has 0 aliphatic carbocycles. The lowest BCUT2D eigenvalue weighted by Crippen LogP contribution is -2.39. The van der Waals surface area contributed by atoms with E-state index in [9.17, 15) is 4.79 Å². The molecule has 0 atom stereocenters. The Morgan fingerprint density at radius 2 is 1.96 bits per heavy atom. The van der Waals surface area contributed by atoms with Gasteiger partial charge in [0, 0.05) is 26.2 Å². The van der Waals surface area contributed by atoms with Crippen LogP contribution >= 0.6 is 11.6 Å². The molecule has 1 N–H and O–H groups in total. The number of nitrogens with one attached hydrogen (secondary N) is 1. The molecule has 0 bridgehead atoms. The second-order valence-corrected chi connectivity index (χ2v) is 6.08. The van der Waals surface area contributed by atoms with Gasteiger partial charge in [0.15, 0.2) is 0 Å². The molecule has 1 aliphatic rings. The number of nitrogens with zero attached hydrogens (tertiary/aromatic N) is 3. The summed E-state index contributed by atoms with van der Waals surface area (Å²) >= 11 is 6.22. The predicted molar refractivity (Wildman–Crippen MR) is 94.8 cm³/mol. The maximum atomic E-state index is 12.4. The lowest BCUT2D eigenvalue weighted by atomic mass is 10.2. The summed E-state index contributed by atoms with van der Waals surface area (Å²) in [5, 5.41) is 7.61. The van der Waals surface area contributed by atoms with Gasteiger partial charge < -0.3 is 10.1 Å². The van der Waals surface area contributed by atoms with Crippen molar-refractivity contribution in [3.8, 4) is 0 Å². The van der Waals surface area contributed by atoms with Crippen LogP contribution in [0.25, 0.3) is 0 Å². The van der Waals surface area contributed by atoms with Gasteiger partial charge in [0.1, 0.15) is 5.02 Å². The molecule has 7 heteroatoms. The van der Waals surface area contributed by atoms with Gasteiger partial charge in [-0.3, -0.25) is 9.69 Å². The van der Waals surface area contributed by atoms with E-state index in [0.717, 1.165) is 38.4 Å². The highest BCUT2D eigenvalue weighted by atomic mass is 35.5. The minimum Gasteiger partial charge on any atom is -0.381 e. The zero-order chi connectivity index (χ0) is 16.8. The monoisotopic (exact) mass is 348 g/mol. The van der Waals surface area contributed by atoms with Crippen molar-refractivity contribution in [3.05, 3.63) is 57.5 Å². The summed E-state index contributed by atoms with van der Waals surface area (Å²) in [6.07, 6.45) is 1.62. The number of halogens is 1. The molecule has 24 heavy (non-hydrogen) atoms. The number of benzene rings is 1. The summed E-state index contributed by atoms with van der Waals surface area (Å²) < 4.78 is 6.70. The third-order valence-corrected chi connectivity index (χ3v) is 4.37. The van der Waals surface area contributed by atoms with E-state index in [0.29, 0.717) is 18.8 Å². The number of aromatic nitrogens is 2. The molecule has 128 valence electrons. The third-order valence-electron chi connectivity index (χ3n) is 4.01. The molecule has 0 unspecified atom stereocenters. The first kappa shape index (κ1) is 17.0. The van der Waals surface area contributed by atoms with Crippen LogP contribution in [0.4, 0.5) is 5.69 Å². The van der Waals surface area contributed by atoms with Gasteiger partial charge in [0.2, 0.25) is 0 Å². The normalized spacial score (nSPS) is 15.4. The highest BCUT2D eigenvalue weighted by molar-refractivity contribution is 6.32. The van der Waals surface area contributed by atoms with Crippen molar-refractivity contribution < 1.29 is 4.74 Å². The van der Waals surface area contributed by atoms with Crippen molar-refractivity contribution in [2.75, 3.05) is 44.7 Å². The van der Waals surface area contributed by atoms with Gasteiger partial charge in [0.25, 0.3) is 5.56 Å². The van der Waals surface area contributed by atoms with E-state index >= 15 is 0 Å². The smallest absolute Gasteiger partial charge is 0.287 e. The summed E-state index contributed by atoms with van der Waals surface area (Å²) in [5.74, 6) is 0. The Labute approximate surface area is 146 Å². The molecule has 1 fully saturated rings. The molecule has 1 aromatic carbocycles. The van der Waals surface area contributed by atoms with Crippen LogP contribution in [0, 0.1) is 0 Å². The molecular weight excluding hydrogens is 328 g/mol. The first-order chi connectivity index (χ1) is 11.7. The van der Waals surface area contributed by atoms with Crippen LogP contribution in [-0.4, -0.2) is 54.1 Å². The van der Waals surface area contributed by atoms with Gasteiger partial charge in [-0.15, -0.1) is 0 Å². The minimum atomic E-state index is -0.281. The molecule has 0 saturated carbocycles. The summed E-state index contributed by atoms with van der Waals surface area (Å²) in [4.78, 5) is 14.7. The van der Waals surface area contributed by atoms with Gasteiger partial charge in [-0.2, -0.15) is 5.10 Å². The van der Waals surface area contributed by atoms with E-state index in [1.807, 2.05) is 30.3 Å². The van der Waals surface area contributed by atoms with Crippen LogP contribution in [0.2, 0.25) is 5.02 Å². The van der Waals surface area contributed by atoms with Crippen molar-refractivity contribution in [2.24, 2.45) is 0 Å². The fourth-order valence-electron chi connectivity index (χ4n) is 2.63. The Hall–Kier alpha value is -1.89. The van der Waals surface area contributed by atoms with Gasteiger partial charge in [0.05, 0.1) is 31.6 Å². The lowest BCUT2D eigenvalue weighted by molar-refractivity contribution is 0.0398. The molecule has 0 spiro atoms. The van der Waals surface area contributed by atoms with E-state index in [1.165, 1.54) is 4.68 Å². The Bertz CT molecular complexity index is 714. The van der Waals surface area contributed by atoms with Crippen molar-refractivity contribution in [1.29, 1.82) is 0 Å². The summed E-state index contributed by atoms with van der Waals surface area (Å²) in [6.45, 7) is 5.43. The minimum absolute atomic E-state index is 0.183. The van der Waals surface area contributed by atoms with Crippen LogP contribution in [0.5, 0.6) is 0 Å². The quantitative estimate of drug-likeness (QED) is 0.861. The maximum absolute atomic E-state index is 12.4. The predicted octanol–water partition coefficient (Wildman–Crippen LogP) is 1.69. The molecule has 3 rings (SSSR count). The third kappa shape index (κ3) is 4.35. The average Bonchev–Trinajstić information content (AvgIpc) is 2.63. The summed E-state index contributed by atoms with van der Waals surface area (Å²) in [5.41, 5.74) is 1.31. The Kier molecular flexibility index (Phi) is 5.85. The van der Waals surface area contributed by atoms with E-state index in [4.69, 9.17) is 16.3 Å². The van der Waals surface area contributed by atoms with Gasteiger partial charge in [-0.1, -0.05) is 41.9 Å². The molecule has 1 aromatic heterocycles. The van der Waals surface area contributed by atoms with Gasteiger partial charge in [-0.05, 0) is 5.56 Å². The Morgan fingerprint density at radius 3 is 2.71 bits per heavy atom. The second kappa shape index (κ2) is 8.28. The molecule has 0 amide bonds. The zero-order valence-corrected chi connectivity index (χ0v) is 14.2. The summed E-state index contributed by atoms with van der Waals surface area (Å²) in [7, 11) is 0. The number of ether oxygens (including phenoxy) is 1. The van der Waals surface area contributed by atoms with Crippen molar-refractivity contribution in [1.82, 2.24) is 14.7 Å². The largest absolute Gasteiger partial charge is 0.381 e. The Morgan fingerprint density at radius 1 is 1.21 bits per heavy atom. The van der Waals surface area contributed by atoms with E-state index in [-0.39, 0.29) is 10.6 Å². The Balaban J connectivity index is 1.61. The number of rotatable bonds is 6. The van der Waals surface area contributed by atoms with E-state index in [2.05, 4.69) is 15.3 Å². The fraction of sp³-hybridized carbons (Fsp3) is 0.412. The molecule has 2 heterocycles. The fourth-order valence-corrected chi connectivity index (χ4v) is 2.84. The molecule has 2 aromatic rings. The molecule has 0 radical (unpaired) electrons. The standard InChI is InChI=1S/C17H21ClN4O2/c18-16-15(19-6-7-21-8-10-24-11-9-21)12-20-22(17(16)23)13-14-4-2-1-3-5-14/h1-5,12,19H,6-11,13H2. The van der Waals surface area contributed by atoms with Crippen LogP contribution in [0.15, 0.2) is 41.3 Å². The van der Waals surface area contributed by atoms with Crippen molar-refractivity contribution in [2.45, 2.75) is 6.54 Å². The van der Waals surface area contributed by atoms with Gasteiger partial charge >= 0.3 is 0 Å².